The Morgan fingerprint density at radius 3 is 2.71 bits per heavy atom. The van der Waals surface area contributed by atoms with Gasteiger partial charge in [-0.25, -0.2) is 4.39 Å². The first-order chi connectivity index (χ1) is 11.1. The molecule has 1 aromatic rings. The highest BCUT2D eigenvalue weighted by Crippen LogP contribution is 2.17. The number of halogens is 3. The molecule has 8 heteroatoms. The third-order valence-electron chi connectivity index (χ3n) is 3.93. The Hall–Kier alpha value is -0.730. The zero-order valence-corrected chi connectivity index (χ0v) is 15.9. The predicted octanol–water partition coefficient (Wildman–Crippen LogP) is 1.63. The monoisotopic (exact) mass is 423 g/mol. The highest BCUT2D eigenvalue weighted by molar-refractivity contribution is 9.10. The molecule has 1 aromatic carbocycles. The molecule has 0 radical (unpaired) electrons. The van der Waals surface area contributed by atoms with E-state index >= 15 is 0 Å². The number of piperazine rings is 1. The summed E-state index contributed by atoms with van der Waals surface area (Å²) >= 11 is 3.34. The van der Waals surface area contributed by atoms with E-state index in [9.17, 15) is 14.3 Å². The Bertz CT molecular complexity index is 530. The van der Waals surface area contributed by atoms with E-state index in [2.05, 4.69) is 21.2 Å². The molecule has 1 aliphatic rings. The van der Waals surface area contributed by atoms with Crippen molar-refractivity contribution in [3.8, 4) is 0 Å². The molecule has 24 heavy (non-hydrogen) atoms. The molecule has 0 aromatic heterocycles. The summed E-state index contributed by atoms with van der Waals surface area (Å²) in [5.74, 6) is -0.159. The maximum atomic E-state index is 13.9. The van der Waals surface area contributed by atoms with Gasteiger partial charge in [0.1, 0.15) is 5.82 Å². The van der Waals surface area contributed by atoms with Crippen LogP contribution in [0.1, 0.15) is 12.0 Å². The molecule has 0 saturated carbocycles. The van der Waals surface area contributed by atoms with Crippen LogP contribution in [0.5, 0.6) is 0 Å². The lowest BCUT2D eigenvalue weighted by atomic mass is 10.2. The molecule has 0 aliphatic carbocycles. The Balaban J connectivity index is 0.00000288. The molecule has 136 valence electrons. The van der Waals surface area contributed by atoms with Crippen molar-refractivity contribution >= 4 is 34.2 Å². The van der Waals surface area contributed by atoms with Gasteiger partial charge in [0.05, 0.1) is 6.61 Å². The number of benzene rings is 1. The zero-order valence-electron chi connectivity index (χ0n) is 13.5. The number of amides is 1. The van der Waals surface area contributed by atoms with Gasteiger partial charge < -0.3 is 15.3 Å². The van der Waals surface area contributed by atoms with Crippen molar-refractivity contribution < 1.29 is 14.3 Å². The van der Waals surface area contributed by atoms with Crippen LogP contribution in [-0.2, 0) is 11.3 Å². The lowest BCUT2D eigenvalue weighted by Gasteiger charge is -2.29. The van der Waals surface area contributed by atoms with E-state index in [4.69, 9.17) is 0 Å². The summed E-state index contributed by atoms with van der Waals surface area (Å²) in [5.41, 5.74) is 0.558. The number of nitrogens with one attached hydrogen (secondary N) is 1. The molecule has 0 bridgehead atoms. The molecule has 1 saturated heterocycles. The second kappa shape index (κ2) is 11.0. The molecule has 1 fully saturated rings. The average molecular weight is 425 g/mol. The molecule has 2 rings (SSSR count). The fourth-order valence-corrected chi connectivity index (χ4v) is 3.05. The summed E-state index contributed by atoms with van der Waals surface area (Å²) < 4.78 is 14.7. The summed E-state index contributed by atoms with van der Waals surface area (Å²) in [7, 11) is 0. The van der Waals surface area contributed by atoms with Gasteiger partial charge in [0.2, 0.25) is 5.91 Å². The number of aliphatic hydroxyl groups is 1. The van der Waals surface area contributed by atoms with Gasteiger partial charge in [0.25, 0.3) is 0 Å². The molecule has 0 unspecified atom stereocenters. The quantitative estimate of drug-likeness (QED) is 0.698. The summed E-state index contributed by atoms with van der Waals surface area (Å²) in [6.45, 7) is 4.41. The number of aliphatic hydroxyl groups excluding tert-OH is 1. The predicted molar refractivity (Wildman–Crippen MR) is 97.8 cm³/mol. The summed E-state index contributed by atoms with van der Waals surface area (Å²) in [6.07, 6.45) is 0.385. The smallest absolute Gasteiger partial charge is 0.223 e. The van der Waals surface area contributed by atoms with Gasteiger partial charge in [-0.3, -0.25) is 9.69 Å². The van der Waals surface area contributed by atoms with Crippen molar-refractivity contribution in [1.29, 1.82) is 0 Å². The maximum Gasteiger partial charge on any atom is 0.223 e. The normalized spacial score (nSPS) is 14.6. The first-order valence-corrected chi connectivity index (χ1v) is 8.65. The lowest BCUT2D eigenvalue weighted by Crippen LogP contribution is -2.47. The van der Waals surface area contributed by atoms with E-state index in [1.807, 2.05) is 9.80 Å². The van der Waals surface area contributed by atoms with Crippen LogP contribution in [0.3, 0.4) is 0 Å². The standard InChI is InChI=1S/C16H23BrFN3O2.ClH/c17-14-1-2-15(18)13(11-14)12-20(9-10-22)6-3-16(23)21-7-4-19-5-8-21;/h1-2,11,19,22H,3-10,12H2;1H. The van der Waals surface area contributed by atoms with Crippen molar-refractivity contribution in [2.45, 2.75) is 13.0 Å². The molecule has 1 amide bonds. The number of hydrogen-bond acceptors (Lipinski definition) is 4. The van der Waals surface area contributed by atoms with Gasteiger partial charge in [0, 0.05) is 62.3 Å². The Morgan fingerprint density at radius 2 is 2.04 bits per heavy atom. The van der Waals surface area contributed by atoms with E-state index in [-0.39, 0.29) is 30.7 Å². The minimum absolute atomic E-state index is 0. The van der Waals surface area contributed by atoms with Gasteiger partial charge in [-0.15, -0.1) is 12.4 Å². The van der Waals surface area contributed by atoms with Crippen LogP contribution in [0.4, 0.5) is 4.39 Å². The first kappa shape index (κ1) is 21.3. The minimum atomic E-state index is -0.274. The van der Waals surface area contributed by atoms with E-state index in [1.165, 1.54) is 6.07 Å². The second-order valence-corrected chi connectivity index (χ2v) is 6.53. The summed E-state index contributed by atoms with van der Waals surface area (Å²) in [5, 5.41) is 12.4. The van der Waals surface area contributed by atoms with Crippen LogP contribution in [0.2, 0.25) is 0 Å². The lowest BCUT2D eigenvalue weighted by molar-refractivity contribution is -0.132. The van der Waals surface area contributed by atoms with Crippen molar-refractivity contribution in [3.05, 3.63) is 34.1 Å². The number of carbonyl (C=O) groups excluding carboxylic acids is 1. The molecule has 2 N–H and O–H groups in total. The summed E-state index contributed by atoms with van der Waals surface area (Å²) in [6, 6.07) is 4.81. The van der Waals surface area contributed by atoms with Crippen molar-refractivity contribution in [2.75, 3.05) is 45.9 Å². The van der Waals surface area contributed by atoms with Crippen molar-refractivity contribution in [2.24, 2.45) is 0 Å². The van der Waals surface area contributed by atoms with E-state index < -0.39 is 0 Å². The van der Waals surface area contributed by atoms with Crippen LogP contribution in [0.15, 0.2) is 22.7 Å². The first-order valence-electron chi connectivity index (χ1n) is 7.86. The van der Waals surface area contributed by atoms with Crippen LogP contribution in [-0.4, -0.2) is 66.7 Å². The summed E-state index contributed by atoms with van der Waals surface area (Å²) in [4.78, 5) is 16.0. The van der Waals surface area contributed by atoms with Crippen LogP contribution in [0.25, 0.3) is 0 Å². The van der Waals surface area contributed by atoms with Gasteiger partial charge in [-0.2, -0.15) is 0 Å². The molecular formula is C16H24BrClFN3O2. The second-order valence-electron chi connectivity index (χ2n) is 5.62. The van der Waals surface area contributed by atoms with E-state index in [0.29, 0.717) is 31.6 Å². The number of hydrogen-bond donors (Lipinski definition) is 2. The minimum Gasteiger partial charge on any atom is -0.395 e. The van der Waals surface area contributed by atoms with Crippen molar-refractivity contribution in [3.63, 3.8) is 0 Å². The number of carbonyl (C=O) groups is 1. The average Bonchev–Trinajstić information content (AvgIpc) is 2.56. The Labute approximate surface area is 156 Å². The molecule has 1 heterocycles. The Kier molecular flexibility index (Phi) is 9.76. The molecule has 0 atom stereocenters. The van der Waals surface area contributed by atoms with Crippen LogP contribution < -0.4 is 5.32 Å². The largest absolute Gasteiger partial charge is 0.395 e. The molecular weight excluding hydrogens is 401 g/mol. The molecule has 5 nitrogen and oxygen atoms in total. The van der Waals surface area contributed by atoms with Crippen LogP contribution >= 0.6 is 28.3 Å². The maximum absolute atomic E-state index is 13.9. The van der Waals surface area contributed by atoms with Gasteiger partial charge in [-0.1, -0.05) is 15.9 Å². The fourth-order valence-electron chi connectivity index (χ4n) is 2.64. The van der Waals surface area contributed by atoms with Crippen molar-refractivity contribution in [1.82, 2.24) is 15.1 Å². The van der Waals surface area contributed by atoms with Gasteiger partial charge in [-0.05, 0) is 18.2 Å². The molecule has 0 spiro atoms. The third-order valence-corrected chi connectivity index (χ3v) is 4.42. The SMILES string of the molecule is Cl.O=C(CCN(CCO)Cc1cc(Br)ccc1F)N1CCNCC1. The Morgan fingerprint density at radius 1 is 1.33 bits per heavy atom. The van der Waals surface area contributed by atoms with Gasteiger partial charge in [0.15, 0.2) is 0 Å². The van der Waals surface area contributed by atoms with E-state index in [1.54, 1.807) is 12.1 Å². The highest BCUT2D eigenvalue weighted by atomic mass is 79.9. The van der Waals surface area contributed by atoms with Gasteiger partial charge >= 0.3 is 0 Å². The van der Waals surface area contributed by atoms with E-state index in [0.717, 1.165) is 30.7 Å². The fraction of sp³-hybridized carbons (Fsp3) is 0.562. The number of nitrogens with zero attached hydrogens (tertiary/aromatic N) is 2. The zero-order chi connectivity index (χ0) is 16.7. The molecule has 1 aliphatic heterocycles. The highest BCUT2D eigenvalue weighted by Gasteiger charge is 2.17. The topological polar surface area (TPSA) is 55.8 Å². The number of rotatable bonds is 7. The third kappa shape index (κ3) is 6.64. The van der Waals surface area contributed by atoms with Crippen LogP contribution in [0, 0.1) is 5.82 Å².